The molecule has 0 bridgehead atoms. The third-order valence-corrected chi connectivity index (χ3v) is 4.91. The van der Waals surface area contributed by atoms with E-state index in [1.165, 1.54) is 4.90 Å². The number of fused-ring (bicyclic) bond motifs is 1. The Labute approximate surface area is 162 Å². The summed E-state index contributed by atoms with van der Waals surface area (Å²) >= 11 is 0. The van der Waals surface area contributed by atoms with Gasteiger partial charge in [-0.25, -0.2) is 4.79 Å². The number of imide groups is 1. The summed E-state index contributed by atoms with van der Waals surface area (Å²) < 4.78 is 5.80. The van der Waals surface area contributed by atoms with E-state index < -0.39 is 0 Å². The molecule has 2 aliphatic heterocycles. The monoisotopic (exact) mass is 379 g/mol. The van der Waals surface area contributed by atoms with E-state index in [0.717, 1.165) is 23.3 Å². The summed E-state index contributed by atoms with van der Waals surface area (Å²) in [5.41, 5.74) is 2.63. The Balaban J connectivity index is 1.25. The lowest BCUT2D eigenvalue weighted by atomic mass is 10.1. The minimum atomic E-state index is -0.308. The van der Waals surface area contributed by atoms with Crippen molar-refractivity contribution in [2.75, 3.05) is 11.9 Å². The highest BCUT2D eigenvalue weighted by molar-refractivity contribution is 6.01. The number of carbonyl (C=O) groups excluding carboxylic acids is 3. The van der Waals surface area contributed by atoms with Crippen molar-refractivity contribution in [3.63, 3.8) is 0 Å². The number of benzene rings is 2. The summed E-state index contributed by atoms with van der Waals surface area (Å²) in [6.45, 7) is 0.682. The first-order chi connectivity index (χ1) is 13.6. The van der Waals surface area contributed by atoms with Gasteiger partial charge in [0, 0.05) is 24.9 Å². The Morgan fingerprint density at radius 3 is 2.46 bits per heavy atom. The summed E-state index contributed by atoms with van der Waals surface area (Å²) in [4.78, 5) is 36.8. The highest BCUT2D eigenvalue weighted by atomic mass is 16.5. The molecule has 0 aromatic heterocycles. The van der Waals surface area contributed by atoms with Crippen LogP contribution in [0.25, 0.3) is 0 Å². The topological polar surface area (TPSA) is 87.7 Å². The first-order valence-corrected chi connectivity index (χ1v) is 9.30. The number of hydrogen-bond donors (Lipinski definition) is 2. The lowest BCUT2D eigenvalue weighted by molar-refractivity contribution is -0.139. The first kappa shape index (κ1) is 18.0. The molecule has 0 unspecified atom stereocenters. The molecule has 0 aliphatic carbocycles. The molecule has 0 spiro atoms. The standard InChI is InChI=1S/C21H21N3O4/c25-19-9-10-20(26)24(19)13-14-5-7-16(8-6-14)23-21(27)22-12-17-11-15-3-1-2-4-18(15)28-17/h1-8,17H,9-13H2,(H2,22,23,27)/t17-/m1/s1. The van der Waals surface area contributed by atoms with Crippen molar-refractivity contribution in [3.8, 4) is 5.75 Å². The van der Waals surface area contributed by atoms with Crippen LogP contribution in [0.5, 0.6) is 5.75 Å². The van der Waals surface area contributed by atoms with E-state index in [1.807, 2.05) is 24.3 Å². The van der Waals surface area contributed by atoms with Crippen LogP contribution in [0.15, 0.2) is 48.5 Å². The van der Waals surface area contributed by atoms with Crippen LogP contribution >= 0.6 is 0 Å². The van der Waals surface area contributed by atoms with Gasteiger partial charge in [-0.1, -0.05) is 30.3 Å². The highest BCUT2D eigenvalue weighted by Crippen LogP contribution is 2.27. The molecule has 1 atom stereocenters. The predicted molar refractivity (Wildman–Crippen MR) is 103 cm³/mol. The largest absolute Gasteiger partial charge is 0.488 e. The van der Waals surface area contributed by atoms with E-state index >= 15 is 0 Å². The number of nitrogens with zero attached hydrogens (tertiary/aromatic N) is 1. The SMILES string of the molecule is O=C(NC[C@H]1Cc2ccccc2O1)Nc1ccc(CN2C(=O)CCC2=O)cc1. The van der Waals surface area contributed by atoms with Gasteiger partial charge in [0.1, 0.15) is 11.9 Å². The van der Waals surface area contributed by atoms with Crippen molar-refractivity contribution in [2.45, 2.75) is 31.9 Å². The Morgan fingerprint density at radius 2 is 1.75 bits per heavy atom. The van der Waals surface area contributed by atoms with Crippen molar-refractivity contribution in [1.82, 2.24) is 10.2 Å². The van der Waals surface area contributed by atoms with Crippen LogP contribution in [-0.2, 0) is 22.6 Å². The molecule has 4 amide bonds. The zero-order chi connectivity index (χ0) is 19.5. The van der Waals surface area contributed by atoms with Crippen molar-refractivity contribution in [1.29, 1.82) is 0 Å². The molecule has 1 fully saturated rings. The van der Waals surface area contributed by atoms with Crippen molar-refractivity contribution in [2.24, 2.45) is 0 Å². The average Bonchev–Trinajstić information content (AvgIpc) is 3.25. The molecule has 144 valence electrons. The van der Waals surface area contributed by atoms with E-state index in [0.29, 0.717) is 12.2 Å². The van der Waals surface area contributed by atoms with Gasteiger partial charge in [-0.3, -0.25) is 14.5 Å². The first-order valence-electron chi connectivity index (χ1n) is 9.30. The zero-order valence-corrected chi connectivity index (χ0v) is 15.3. The quantitative estimate of drug-likeness (QED) is 0.781. The summed E-state index contributed by atoms with van der Waals surface area (Å²) in [6, 6.07) is 14.7. The number of amides is 4. The van der Waals surface area contributed by atoms with Gasteiger partial charge in [0.05, 0.1) is 13.1 Å². The Hall–Kier alpha value is -3.35. The number of rotatable bonds is 5. The van der Waals surface area contributed by atoms with Gasteiger partial charge >= 0.3 is 6.03 Å². The maximum Gasteiger partial charge on any atom is 0.319 e. The number of para-hydroxylation sites is 1. The molecule has 0 radical (unpaired) electrons. The number of anilines is 1. The zero-order valence-electron chi connectivity index (χ0n) is 15.3. The predicted octanol–water partition coefficient (Wildman–Crippen LogP) is 2.46. The summed E-state index contributed by atoms with van der Waals surface area (Å²) in [5.74, 6) is 0.603. The Morgan fingerprint density at radius 1 is 1.04 bits per heavy atom. The van der Waals surface area contributed by atoms with Crippen LogP contribution in [0, 0.1) is 0 Å². The van der Waals surface area contributed by atoms with Crippen LogP contribution in [0.1, 0.15) is 24.0 Å². The van der Waals surface area contributed by atoms with Gasteiger partial charge in [0.2, 0.25) is 11.8 Å². The minimum Gasteiger partial charge on any atom is -0.488 e. The smallest absolute Gasteiger partial charge is 0.319 e. The van der Waals surface area contributed by atoms with Gasteiger partial charge in [0.15, 0.2) is 0 Å². The van der Waals surface area contributed by atoms with E-state index in [-0.39, 0.29) is 43.3 Å². The Kier molecular flexibility index (Phi) is 4.97. The second kappa shape index (κ2) is 7.72. The molecule has 1 saturated heterocycles. The normalized spacial score (nSPS) is 18.0. The van der Waals surface area contributed by atoms with Crippen molar-refractivity contribution < 1.29 is 19.1 Å². The maximum atomic E-state index is 12.1. The van der Waals surface area contributed by atoms with Gasteiger partial charge in [-0.15, -0.1) is 0 Å². The fourth-order valence-electron chi connectivity index (χ4n) is 3.42. The van der Waals surface area contributed by atoms with Gasteiger partial charge < -0.3 is 15.4 Å². The number of ether oxygens (including phenoxy) is 1. The fourth-order valence-corrected chi connectivity index (χ4v) is 3.42. The summed E-state index contributed by atoms with van der Waals surface area (Å²) in [5, 5.41) is 5.59. The van der Waals surface area contributed by atoms with Gasteiger partial charge in [0.25, 0.3) is 0 Å². The van der Waals surface area contributed by atoms with Crippen molar-refractivity contribution >= 4 is 23.5 Å². The van der Waals surface area contributed by atoms with E-state index in [1.54, 1.807) is 24.3 Å². The second-order valence-electron chi connectivity index (χ2n) is 6.96. The number of nitrogens with one attached hydrogen (secondary N) is 2. The number of urea groups is 1. The van der Waals surface area contributed by atoms with Crippen LogP contribution < -0.4 is 15.4 Å². The van der Waals surface area contributed by atoms with Gasteiger partial charge in [-0.05, 0) is 29.3 Å². The fraction of sp³-hybridized carbons (Fsp3) is 0.286. The molecule has 7 nitrogen and oxygen atoms in total. The number of hydrogen-bond acceptors (Lipinski definition) is 4. The van der Waals surface area contributed by atoms with Crippen molar-refractivity contribution in [3.05, 3.63) is 59.7 Å². The molecule has 4 rings (SSSR count). The van der Waals surface area contributed by atoms with Gasteiger partial charge in [-0.2, -0.15) is 0 Å². The molecular weight excluding hydrogens is 358 g/mol. The lowest BCUT2D eigenvalue weighted by Gasteiger charge is -2.15. The third kappa shape index (κ3) is 3.98. The second-order valence-corrected chi connectivity index (χ2v) is 6.96. The molecule has 2 aliphatic rings. The molecule has 2 heterocycles. The molecule has 7 heteroatoms. The molecule has 2 aromatic carbocycles. The van der Waals surface area contributed by atoms with Crippen LogP contribution in [0.2, 0.25) is 0 Å². The van der Waals surface area contributed by atoms with Crippen LogP contribution in [0.3, 0.4) is 0 Å². The minimum absolute atomic E-state index is 0.0685. The number of carbonyl (C=O) groups is 3. The lowest BCUT2D eigenvalue weighted by Crippen LogP contribution is -2.37. The van der Waals surface area contributed by atoms with Crippen LogP contribution in [0.4, 0.5) is 10.5 Å². The molecule has 2 N–H and O–H groups in total. The molecule has 28 heavy (non-hydrogen) atoms. The molecular formula is C21H21N3O4. The third-order valence-electron chi connectivity index (χ3n) is 4.91. The highest BCUT2D eigenvalue weighted by Gasteiger charge is 2.28. The average molecular weight is 379 g/mol. The molecule has 0 saturated carbocycles. The Bertz CT molecular complexity index is 869. The molecule has 2 aromatic rings. The van der Waals surface area contributed by atoms with E-state index in [4.69, 9.17) is 4.74 Å². The van der Waals surface area contributed by atoms with E-state index in [9.17, 15) is 14.4 Å². The summed E-state index contributed by atoms with van der Waals surface area (Å²) in [7, 11) is 0. The maximum absolute atomic E-state index is 12.1. The number of likely N-dealkylation sites (tertiary alicyclic amines) is 1. The van der Waals surface area contributed by atoms with E-state index in [2.05, 4.69) is 10.6 Å². The van der Waals surface area contributed by atoms with Crippen LogP contribution in [-0.4, -0.2) is 35.4 Å². The summed E-state index contributed by atoms with van der Waals surface area (Å²) in [6.07, 6.45) is 1.28.